The van der Waals surface area contributed by atoms with Crippen molar-refractivity contribution in [3.05, 3.63) is 29.2 Å². The van der Waals surface area contributed by atoms with Crippen LogP contribution < -0.4 is 10.5 Å². The summed E-state index contributed by atoms with van der Waals surface area (Å²) in [6.07, 6.45) is 0. The van der Waals surface area contributed by atoms with Crippen LogP contribution >= 0.6 is 0 Å². The largest absolute Gasteiger partial charge is 0.494 e. The Kier molecular flexibility index (Phi) is 3.62. The third-order valence-corrected chi connectivity index (χ3v) is 2.71. The lowest BCUT2D eigenvalue weighted by atomic mass is 10.0. The lowest BCUT2D eigenvalue weighted by molar-refractivity contribution is 0.337. The Hall–Kier alpha value is -1.88. The minimum atomic E-state index is 0.252. The normalized spacial score (nSPS) is 10.7. The highest BCUT2D eigenvalue weighted by Crippen LogP contribution is 2.28. The predicted molar refractivity (Wildman–Crippen MR) is 68.3 cm³/mol. The fourth-order valence-electron chi connectivity index (χ4n) is 1.79. The molecule has 5 heteroatoms. The van der Waals surface area contributed by atoms with Gasteiger partial charge in [-0.15, -0.1) is 0 Å². The summed E-state index contributed by atoms with van der Waals surface area (Å²) in [6.45, 7) is 6.87. The van der Waals surface area contributed by atoms with Crippen molar-refractivity contribution in [2.45, 2.75) is 27.3 Å². The van der Waals surface area contributed by atoms with Crippen molar-refractivity contribution in [3.8, 4) is 17.1 Å². The zero-order chi connectivity index (χ0) is 13.1. The van der Waals surface area contributed by atoms with Gasteiger partial charge in [-0.05, 0) is 44.0 Å². The van der Waals surface area contributed by atoms with Gasteiger partial charge in [0.05, 0.1) is 13.2 Å². The first-order chi connectivity index (χ1) is 8.65. The van der Waals surface area contributed by atoms with Crippen LogP contribution in [0.1, 0.15) is 23.9 Å². The van der Waals surface area contributed by atoms with Crippen LogP contribution in [0.4, 0.5) is 0 Å². The van der Waals surface area contributed by atoms with Crippen LogP contribution in [0.2, 0.25) is 0 Å². The van der Waals surface area contributed by atoms with Crippen molar-refractivity contribution < 1.29 is 9.26 Å². The second kappa shape index (κ2) is 5.18. The maximum atomic E-state index is 5.55. The fraction of sp³-hybridized carbons (Fsp3) is 0.385. The highest BCUT2D eigenvalue weighted by atomic mass is 16.5. The van der Waals surface area contributed by atoms with Gasteiger partial charge in [0.2, 0.25) is 11.7 Å². The topological polar surface area (TPSA) is 74.2 Å². The molecule has 0 saturated heterocycles. The van der Waals surface area contributed by atoms with Crippen LogP contribution in [0.15, 0.2) is 16.7 Å². The highest BCUT2D eigenvalue weighted by molar-refractivity contribution is 5.63. The molecule has 0 spiro atoms. The Morgan fingerprint density at radius 1 is 1.28 bits per heavy atom. The number of aryl methyl sites for hydroxylation is 2. The van der Waals surface area contributed by atoms with Gasteiger partial charge in [0, 0.05) is 5.56 Å². The van der Waals surface area contributed by atoms with Gasteiger partial charge in [-0.1, -0.05) is 5.16 Å². The molecule has 0 bridgehead atoms. The van der Waals surface area contributed by atoms with Crippen LogP contribution in [0.25, 0.3) is 11.4 Å². The van der Waals surface area contributed by atoms with Crippen molar-refractivity contribution in [1.29, 1.82) is 0 Å². The van der Waals surface area contributed by atoms with Crippen LogP contribution in [-0.4, -0.2) is 16.7 Å². The number of rotatable bonds is 4. The van der Waals surface area contributed by atoms with Crippen molar-refractivity contribution in [2.75, 3.05) is 6.61 Å². The number of nitrogens with zero attached hydrogens (tertiary/aromatic N) is 2. The molecule has 2 N–H and O–H groups in total. The van der Waals surface area contributed by atoms with Crippen molar-refractivity contribution in [2.24, 2.45) is 5.73 Å². The van der Waals surface area contributed by atoms with Crippen molar-refractivity contribution in [1.82, 2.24) is 10.1 Å². The van der Waals surface area contributed by atoms with Gasteiger partial charge < -0.3 is 15.0 Å². The van der Waals surface area contributed by atoms with Gasteiger partial charge in [0.1, 0.15) is 5.75 Å². The van der Waals surface area contributed by atoms with E-state index in [0.717, 1.165) is 22.4 Å². The zero-order valence-corrected chi connectivity index (χ0v) is 10.9. The molecule has 0 aliphatic rings. The van der Waals surface area contributed by atoms with E-state index >= 15 is 0 Å². The van der Waals surface area contributed by atoms with E-state index < -0.39 is 0 Å². The third kappa shape index (κ3) is 2.36. The standard InChI is InChI=1S/C13H17N3O2/c1-4-17-11-6-8(2)10(5-9(11)3)13-15-12(7-14)18-16-13/h5-6H,4,7,14H2,1-3H3. The molecule has 5 nitrogen and oxygen atoms in total. The Morgan fingerprint density at radius 2 is 2.06 bits per heavy atom. The number of nitrogens with two attached hydrogens (primary N) is 1. The smallest absolute Gasteiger partial charge is 0.240 e. The molecule has 0 radical (unpaired) electrons. The van der Waals surface area contributed by atoms with Crippen LogP contribution in [0.3, 0.4) is 0 Å². The lowest BCUT2D eigenvalue weighted by Crippen LogP contribution is -1.97. The predicted octanol–water partition coefficient (Wildman–Crippen LogP) is 2.21. The molecule has 0 saturated carbocycles. The minimum Gasteiger partial charge on any atom is -0.494 e. The summed E-state index contributed by atoms with van der Waals surface area (Å²) in [4.78, 5) is 4.23. The van der Waals surface area contributed by atoms with E-state index in [2.05, 4.69) is 10.1 Å². The lowest BCUT2D eigenvalue weighted by Gasteiger charge is -2.10. The second-order valence-electron chi connectivity index (χ2n) is 4.08. The second-order valence-corrected chi connectivity index (χ2v) is 4.08. The third-order valence-electron chi connectivity index (χ3n) is 2.71. The number of benzene rings is 1. The Balaban J connectivity index is 2.42. The van der Waals surface area contributed by atoms with Crippen LogP contribution in [0.5, 0.6) is 5.75 Å². The van der Waals surface area contributed by atoms with E-state index in [-0.39, 0.29) is 6.54 Å². The van der Waals surface area contributed by atoms with E-state index in [4.69, 9.17) is 15.0 Å². The number of ether oxygens (including phenoxy) is 1. The molecule has 0 amide bonds. The Morgan fingerprint density at radius 3 is 2.67 bits per heavy atom. The summed E-state index contributed by atoms with van der Waals surface area (Å²) in [7, 11) is 0. The SMILES string of the molecule is CCOc1cc(C)c(-c2noc(CN)n2)cc1C. The maximum Gasteiger partial charge on any atom is 0.240 e. The zero-order valence-electron chi connectivity index (χ0n) is 10.9. The number of aromatic nitrogens is 2. The quantitative estimate of drug-likeness (QED) is 0.896. The molecule has 18 heavy (non-hydrogen) atoms. The van der Waals surface area contributed by atoms with Gasteiger partial charge in [-0.3, -0.25) is 0 Å². The molecule has 1 aromatic carbocycles. The molecule has 0 atom stereocenters. The van der Waals surface area contributed by atoms with Crippen molar-refractivity contribution >= 4 is 0 Å². The minimum absolute atomic E-state index is 0.252. The number of hydrogen-bond donors (Lipinski definition) is 1. The van der Waals surface area contributed by atoms with Crippen LogP contribution in [-0.2, 0) is 6.54 Å². The van der Waals surface area contributed by atoms with E-state index in [9.17, 15) is 0 Å². The summed E-state index contributed by atoms with van der Waals surface area (Å²) in [5, 5.41) is 3.93. The maximum absolute atomic E-state index is 5.55. The van der Waals surface area contributed by atoms with E-state index in [1.54, 1.807) is 0 Å². The van der Waals surface area contributed by atoms with Crippen LogP contribution in [0, 0.1) is 13.8 Å². The molecule has 0 aliphatic heterocycles. The Bertz CT molecular complexity index is 549. The van der Waals surface area contributed by atoms with E-state index in [1.165, 1.54) is 0 Å². The van der Waals surface area contributed by atoms with E-state index in [0.29, 0.717) is 18.3 Å². The molecule has 0 aliphatic carbocycles. The Labute approximate surface area is 106 Å². The summed E-state index contributed by atoms with van der Waals surface area (Å²) < 4.78 is 10.6. The van der Waals surface area contributed by atoms with Gasteiger partial charge >= 0.3 is 0 Å². The van der Waals surface area contributed by atoms with Gasteiger partial charge in [-0.2, -0.15) is 4.98 Å². The van der Waals surface area contributed by atoms with Gasteiger partial charge in [0.15, 0.2) is 0 Å². The van der Waals surface area contributed by atoms with Crippen molar-refractivity contribution in [3.63, 3.8) is 0 Å². The average Bonchev–Trinajstić information content (AvgIpc) is 2.82. The molecule has 0 unspecified atom stereocenters. The number of hydrogen-bond acceptors (Lipinski definition) is 5. The molecular formula is C13H17N3O2. The molecule has 1 aromatic heterocycles. The molecule has 0 fully saturated rings. The monoisotopic (exact) mass is 247 g/mol. The molecule has 96 valence electrons. The molecule has 2 rings (SSSR count). The summed E-state index contributed by atoms with van der Waals surface area (Å²) in [5.41, 5.74) is 8.50. The molecule has 1 heterocycles. The summed E-state index contributed by atoms with van der Waals surface area (Å²) in [5.74, 6) is 1.90. The first-order valence-corrected chi connectivity index (χ1v) is 5.92. The average molecular weight is 247 g/mol. The summed E-state index contributed by atoms with van der Waals surface area (Å²) >= 11 is 0. The van der Waals surface area contributed by atoms with Gasteiger partial charge in [0.25, 0.3) is 0 Å². The highest BCUT2D eigenvalue weighted by Gasteiger charge is 2.12. The first kappa shape index (κ1) is 12.6. The van der Waals surface area contributed by atoms with E-state index in [1.807, 2.05) is 32.9 Å². The molecule has 2 aromatic rings. The molecular weight excluding hydrogens is 230 g/mol. The first-order valence-electron chi connectivity index (χ1n) is 5.92. The van der Waals surface area contributed by atoms with Gasteiger partial charge in [-0.25, -0.2) is 0 Å². The summed E-state index contributed by atoms with van der Waals surface area (Å²) in [6, 6.07) is 4.00. The fourth-order valence-corrected chi connectivity index (χ4v) is 1.79.